The molecule has 3 aromatic rings. The molecule has 1 aromatic carbocycles. The molecule has 0 saturated heterocycles. The van der Waals surface area contributed by atoms with E-state index in [1.807, 2.05) is 0 Å². The van der Waals surface area contributed by atoms with Crippen LogP contribution in [0.4, 0.5) is 11.5 Å². The highest BCUT2D eigenvalue weighted by Gasteiger charge is 2.23. The lowest BCUT2D eigenvalue weighted by Gasteiger charge is -2.15. The number of anilines is 2. The van der Waals surface area contributed by atoms with Crippen LogP contribution in [-0.4, -0.2) is 35.7 Å². The third kappa shape index (κ3) is 6.85. The van der Waals surface area contributed by atoms with Crippen LogP contribution in [0.2, 0.25) is 15.1 Å². The summed E-state index contributed by atoms with van der Waals surface area (Å²) in [5.74, 6) is -1.53. The van der Waals surface area contributed by atoms with Crippen molar-refractivity contribution in [2.75, 3.05) is 17.7 Å². The van der Waals surface area contributed by atoms with E-state index in [0.29, 0.717) is 10.6 Å². The number of hydrogen-bond donors (Lipinski definition) is 5. The van der Waals surface area contributed by atoms with Gasteiger partial charge in [0.25, 0.3) is 11.8 Å². The number of carbonyl (C=O) groups excluding carboxylic acids is 3. The van der Waals surface area contributed by atoms with Gasteiger partial charge in [0.05, 0.1) is 34.8 Å². The van der Waals surface area contributed by atoms with Gasteiger partial charge in [-0.25, -0.2) is 4.98 Å². The van der Waals surface area contributed by atoms with Crippen LogP contribution in [0.15, 0.2) is 35.8 Å². The molecule has 14 heteroatoms. The summed E-state index contributed by atoms with van der Waals surface area (Å²) < 4.78 is 5.34. The lowest BCUT2D eigenvalue weighted by molar-refractivity contribution is -0.116. The fraction of sp³-hybridized carbons (Fsp3) is 0.136. The van der Waals surface area contributed by atoms with E-state index in [4.69, 9.17) is 50.7 Å². The highest BCUT2D eigenvalue weighted by Crippen LogP contribution is 2.35. The highest BCUT2D eigenvalue weighted by molar-refractivity contribution is 7.13. The Hall–Kier alpha value is -3.38. The number of nitrogens with one attached hydrogen (secondary N) is 4. The van der Waals surface area contributed by atoms with Gasteiger partial charge in [0.2, 0.25) is 5.91 Å². The number of halogens is 3. The Labute approximate surface area is 224 Å². The molecule has 2 aromatic heterocycles. The Bertz CT molecular complexity index is 1330. The molecule has 6 N–H and O–H groups in total. The van der Waals surface area contributed by atoms with Gasteiger partial charge in [-0.15, -0.1) is 11.3 Å². The summed E-state index contributed by atoms with van der Waals surface area (Å²) in [7, 11) is 1.37. The van der Waals surface area contributed by atoms with Crippen LogP contribution in [0.3, 0.4) is 0 Å². The number of primary amides is 1. The molecular formula is C22H19Cl3N6O4S. The van der Waals surface area contributed by atoms with E-state index in [9.17, 15) is 14.4 Å². The normalized spacial score (nSPS) is 10.4. The molecule has 0 spiro atoms. The number of rotatable bonds is 9. The standard InChI is InChI=1S/C22H19Cl3N6O4S/c1-35-14-5-12(24)4-13(21(33)30-17-3-2-11(23)8-29-17)19(14)31-22(34)20-18(25)10(9-36-20)7-28-15(26)6-16(27)32/h2-5,8-9H,6-7H2,1H3,(H2,26,28)(H2,27,32)(H,31,34)(H,29,30,33). The first-order valence-electron chi connectivity index (χ1n) is 10.1. The zero-order valence-corrected chi connectivity index (χ0v) is 21.7. The highest BCUT2D eigenvalue weighted by atomic mass is 35.5. The molecule has 10 nitrogen and oxygen atoms in total. The van der Waals surface area contributed by atoms with Gasteiger partial charge < -0.3 is 26.4 Å². The van der Waals surface area contributed by atoms with Crippen LogP contribution < -0.4 is 26.4 Å². The number of carbonyl (C=O) groups is 3. The number of hydrogen-bond acceptors (Lipinski definition) is 7. The molecule has 0 aliphatic carbocycles. The molecule has 0 aliphatic rings. The first-order chi connectivity index (χ1) is 17.1. The van der Waals surface area contributed by atoms with Crippen LogP contribution in [0.25, 0.3) is 0 Å². The van der Waals surface area contributed by atoms with Gasteiger partial charge in [0.15, 0.2) is 0 Å². The third-order valence-electron chi connectivity index (χ3n) is 4.59. The maximum absolute atomic E-state index is 13.1. The molecule has 0 unspecified atom stereocenters. The summed E-state index contributed by atoms with van der Waals surface area (Å²) in [6.45, 7) is 0.112. The zero-order chi connectivity index (χ0) is 26.4. The lowest BCUT2D eigenvalue weighted by Crippen LogP contribution is -2.27. The number of aromatic nitrogens is 1. The van der Waals surface area contributed by atoms with Gasteiger partial charge in [-0.05, 0) is 23.6 Å². The Morgan fingerprint density at radius 3 is 2.50 bits per heavy atom. The summed E-state index contributed by atoms with van der Waals surface area (Å²) in [5, 5.41) is 18.1. The topological polar surface area (TPSA) is 159 Å². The monoisotopic (exact) mass is 568 g/mol. The van der Waals surface area contributed by atoms with E-state index < -0.39 is 17.7 Å². The fourth-order valence-corrected chi connectivity index (χ4v) is 4.52. The molecule has 0 aliphatic heterocycles. The van der Waals surface area contributed by atoms with Gasteiger partial charge in [-0.2, -0.15) is 0 Å². The minimum absolute atomic E-state index is 0.0268. The average molecular weight is 570 g/mol. The number of benzene rings is 1. The second kappa shape index (κ2) is 12.0. The maximum Gasteiger partial charge on any atom is 0.267 e. The van der Waals surface area contributed by atoms with Crippen molar-refractivity contribution < 1.29 is 19.1 Å². The second-order valence-electron chi connectivity index (χ2n) is 7.18. The van der Waals surface area contributed by atoms with Crippen LogP contribution in [0, 0.1) is 5.41 Å². The van der Waals surface area contributed by atoms with Crippen molar-refractivity contribution in [2.45, 2.75) is 13.0 Å². The number of amidine groups is 1. The number of methoxy groups -OCH3 is 1. The second-order valence-corrected chi connectivity index (χ2v) is 9.31. The molecule has 0 radical (unpaired) electrons. The number of nitrogens with two attached hydrogens (primary N) is 1. The van der Waals surface area contributed by atoms with Gasteiger partial charge in [0, 0.05) is 29.4 Å². The van der Waals surface area contributed by atoms with Crippen molar-refractivity contribution in [2.24, 2.45) is 5.73 Å². The summed E-state index contributed by atoms with van der Waals surface area (Å²) >= 11 is 19.5. The number of thiophene rings is 1. The van der Waals surface area contributed by atoms with Gasteiger partial charge >= 0.3 is 0 Å². The Kier molecular flexibility index (Phi) is 9.10. The summed E-state index contributed by atoms with van der Waals surface area (Å²) in [5.41, 5.74) is 5.71. The number of ether oxygens (including phenoxy) is 1. The SMILES string of the molecule is COc1cc(Cl)cc(C(=O)Nc2ccc(Cl)cn2)c1NC(=O)c1scc(CNC(=N)CC(N)=O)c1Cl. The molecule has 3 rings (SSSR count). The minimum Gasteiger partial charge on any atom is -0.494 e. The van der Waals surface area contributed by atoms with Crippen molar-refractivity contribution in [3.63, 3.8) is 0 Å². The molecule has 0 saturated carbocycles. The molecule has 0 fully saturated rings. The minimum atomic E-state index is -0.646. The van der Waals surface area contributed by atoms with Crippen molar-refractivity contribution in [1.82, 2.24) is 10.3 Å². The van der Waals surface area contributed by atoms with E-state index in [1.54, 1.807) is 11.4 Å². The molecule has 0 bridgehead atoms. The van der Waals surface area contributed by atoms with E-state index in [-0.39, 0.29) is 56.5 Å². The van der Waals surface area contributed by atoms with Gasteiger partial charge in [-0.1, -0.05) is 34.8 Å². The Morgan fingerprint density at radius 1 is 1.11 bits per heavy atom. The Morgan fingerprint density at radius 2 is 1.86 bits per heavy atom. The number of amides is 3. The quantitative estimate of drug-likeness (QED) is 0.188. The molecular weight excluding hydrogens is 551 g/mol. The first kappa shape index (κ1) is 27.2. The predicted molar refractivity (Wildman–Crippen MR) is 141 cm³/mol. The van der Waals surface area contributed by atoms with Crippen LogP contribution in [0.5, 0.6) is 5.75 Å². The van der Waals surface area contributed by atoms with Crippen molar-refractivity contribution >= 4 is 81.2 Å². The summed E-state index contributed by atoms with van der Waals surface area (Å²) in [4.78, 5) is 41.2. The van der Waals surface area contributed by atoms with E-state index >= 15 is 0 Å². The molecule has 188 valence electrons. The molecule has 2 heterocycles. The van der Waals surface area contributed by atoms with Gasteiger partial charge in [-0.3, -0.25) is 19.8 Å². The van der Waals surface area contributed by atoms with Crippen molar-refractivity contribution in [1.29, 1.82) is 5.41 Å². The first-order valence-corrected chi connectivity index (χ1v) is 12.1. The molecule has 0 atom stereocenters. The molecule has 36 heavy (non-hydrogen) atoms. The third-order valence-corrected chi connectivity index (χ3v) is 6.60. The largest absolute Gasteiger partial charge is 0.494 e. The Balaban J connectivity index is 1.84. The zero-order valence-electron chi connectivity index (χ0n) is 18.6. The smallest absolute Gasteiger partial charge is 0.267 e. The van der Waals surface area contributed by atoms with Crippen LogP contribution in [-0.2, 0) is 11.3 Å². The van der Waals surface area contributed by atoms with E-state index in [0.717, 1.165) is 11.3 Å². The van der Waals surface area contributed by atoms with E-state index in [1.165, 1.54) is 31.5 Å². The predicted octanol–water partition coefficient (Wildman–Crippen LogP) is 4.56. The molecule has 3 amide bonds. The van der Waals surface area contributed by atoms with Crippen molar-refractivity contribution in [3.05, 3.63) is 66.9 Å². The summed E-state index contributed by atoms with van der Waals surface area (Å²) in [6.07, 6.45) is 1.13. The lowest BCUT2D eigenvalue weighted by atomic mass is 10.1. The van der Waals surface area contributed by atoms with E-state index in [2.05, 4.69) is 20.9 Å². The average Bonchev–Trinajstić information content (AvgIpc) is 3.19. The van der Waals surface area contributed by atoms with Crippen LogP contribution >= 0.6 is 46.1 Å². The number of pyridine rings is 1. The maximum atomic E-state index is 13.1. The van der Waals surface area contributed by atoms with Crippen molar-refractivity contribution in [3.8, 4) is 5.75 Å². The van der Waals surface area contributed by atoms with Crippen LogP contribution in [0.1, 0.15) is 32.0 Å². The number of nitrogens with zero attached hydrogens (tertiary/aromatic N) is 1. The summed E-state index contributed by atoms with van der Waals surface area (Å²) in [6, 6.07) is 5.90. The fourth-order valence-electron chi connectivity index (χ4n) is 2.95. The van der Waals surface area contributed by atoms with Gasteiger partial charge in [0.1, 0.15) is 22.3 Å².